The first-order valence-corrected chi connectivity index (χ1v) is 5.57. The molecule has 1 rings (SSSR count). The molecule has 1 aromatic rings. The minimum atomic E-state index is -0.519. The Balaban J connectivity index is 2.70. The molecule has 0 radical (unpaired) electrons. The highest BCUT2D eigenvalue weighted by atomic mass is 16.5. The highest BCUT2D eigenvalue weighted by Crippen LogP contribution is 2.19. The molecule has 1 unspecified atom stereocenters. The summed E-state index contributed by atoms with van der Waals surface area (Å²) in [6.45, 7) is 2.03. The van der Waals surface area contributed by atoms with Gasteiger partial charge in [0.15, 0.2) is 0 Å². The van der Waals surface area contributed by atoms with Gasteiger partial charge in [-0.25, -0.2) is 4.79 Å². The number of nitriles is 1. The number of anilines is 1. The van der Waals surface area contributed by atoms with Crippen molar-refractivity contribution >= 4 is 18.1 Å². The Bertz CT molecular complexity index is 448. The molecule has 0 saturated carbocycles. The number of hydrogen-bond donors (Lipinski definition) is 1. The molecule has 1 N–H and O–H groups in total. The lowest BCUT2D eigenvalue weighted by molar-refractivity contribution is -0.109. The fourth-order valence-electron chi connectivity index (χ4n) is 1.44. The maximum absolute atomic E-state index is 11.2. The van der Waals surface area contributed by atoms with E-state index in [1.54, 1.807) is 31.2 Å². The Morgan fingerprint density at radius 1 is 1.50 bits per heavy atom. The molecule has 0 heterocycles. The van der Waals surface area contributed by atoms with E-state index in [-0.39, 0.29) is 6.42 Å². The van der Waals surface area contributed by atoms with Gasteiger partial charge < -0.3 is 9.53 Å². The Kier molecular flexibility index (Phi) is 5.39. The van der Waals surface area contributed by atoms with Crippen LogP contribution in [-0.4, -0.2) is 19.0 Å². The molecule has 5 nitrogen and oxygen atoms in total. The second-order valence-electron chi connectivity index (χ2n) is 3.57. The number of nitrogens with one attached hydrogen (secondary N) is 1. The van der Waals surface area contributed by atoms with Gasteiger partial charge in [0, 0.05) is 12.1 Å². The molecule has 94 valence electrons. The second kappa shape index (κ2) is 7.07. The van der Waals surface area contributed by atoms with Gasteiger partial charge >= 0.3 is 6.09 Å². The lowest BCUT2D eigenvalue weighted by Crippen LogP contribution is -2.13. The van der Waals surface area contributed by atoms with Gasteiger partial charge in [-0.3, -0.25) is 5.32 Å². The SMILES string of the molecule is CCOC(=O)Nc1ccc(C(C=O)CC#N)cc1. The largest absolute Gasteiger partial charge is 0.450 e. The van der Waals surface area contributed by atoms with Crippen LogP contribution < -0.4 is 5.32 Å². The van der Waals surface area contributed by atoms with E-state index >= 15 is 0 Å². The zero-order valence-electron chi connectivity index (χ0n) is 10.1. The van der Waals surface area contributed by atoms with Crippen LogP contribution in [0.15, 0.2) is 24.3 Å². The van der Waals surface area contributed by atoms with Gasteiger partial charge in [-0.2, -0.15) is 5.26 Å². The number of carbonyl (C=O) groups excluding carboxylic acids is 2. The molecule has 0 saturated heterocycles. The van der Waals surface area contributed by atoms with Crippen molar-refractivity contribution in [1.29, 1.82) is 5.26 Å². The van der Waals surface area contributed by atoms with Crippen molar-refractivity contribution in [2.24, 2.45) is 0 Å². The monoisotopic (exact) mass is 246 g/mol. The molecule has 1 atom stereocenters. The predicted molar refractivity (Wildman–Crippen MR) is 66.1 cm³/mol. The number of hydrogen-bond acceptors (Lipinski definition) is 4. The smallest absolute Gasteiger partial charge is 0.411 e. The van der Waals surface area contributed by atoms with Crippen molar-refractivity contribution in [3.8, 4) is 6.07 Å². The first-order chi connectivity index (χ1) is 8.71. The third-order valence-electron chi connectivity index (χ3n) is 2.34. The Labute approximate surface area is 105 Å². The highest BCUT2D eigenvalue weighted by molar-refractivity contribution is 5.84. The van der Waals surface area contributed by atoms with Gasteiger partial charge in [0.25, 0.3) is 0 Å². The van der Waals surface area contributed by atoms with Crippen molar-refractivity contribution in [1.82, 2.24) is 0 Å². The van der Waals surface area contributed by atoms with Crippen LogP contribution in [0.3, 0.4) is 0 Å². The van der Waals surface area contributed by atoms with E-state index in [4.69, 9.17) is 10.00 Å². The fourth-order valence-corrected chi connectivity index (χ4v) is 1.44. The number of benzene rings is 1. The standard InChI is InChI=1S/C13H14N2O3/c1-2-18-13(17)15-12-5-3-10(4-6-12)11(9-16)7-8-14/h3-6,9,11H,2,7H2,1H3,(H,15,17). The Hall–Kier alpha value is -2.35. The van der Waals surface area contributed by atoms with Gasteiger partial charge in [-0.05, 0) is 24.6 Å². The number of rotatable bonds is 5. The minimum absolute atomic E-state index is 0.147. The number of aldehydes is 1. The molecule has 0 fully saturated rings. The van der Waals surface area contributed by atoms with Gasteiger partial charge in [-0.1, -0.05) is 12.1 Å². The van der Waals surface area contributed by atoms with Gasteiger partial charge in [0.2, 0.25) is 0 Å². The maximum Gasteiger partial charge on any atom is 0.411 e. The number of carbonyl (C=O) groups is 2. The lowest BCUT2D eigenvalue weighted by Gasteiger charge is -2.08. The third kappa shape index (κ3) is 3.91. The maximum atomic E-state index is 11.2. The summed E-state index contributed by atoms with van der Waals surface area (Å²) in [5, 5.41) is 11.1. The lowest BCUT2D eigenvalue weighted by atomic mass is 9.98. The van der Waals surface area contributed by atoms with Crippen LogP contribution in [0, 0.1) is 11.3 Å². The van der Waals surface area contributed by atoms with Gasteiger partial charge in [0.1, 0.15) is 6.29 Å². The summed E-state index contributed by atoms with van der Waals surface area (Å²) >= 11 is 0. The number of ether oxygens (including phenoxy) is 1. The third-order valence-corrected chi connectivity index (χ3v) is 2.34. The van der Waals surface area contributed by atoms with Crippen molar-refractivity contribution in [3.63, 3.8) is 0 Å². The summed E-state index contributed by atoms with van der Waals surface area (Å²) in [7, 11) is 0. The molecule has 0 aliphatic heterocycles. The molecule has 0 spiro atoms. The second-order valence-corrected chi connectivity index (χ2v) is 3.57. The quantitative estimate of drug-likeness (QED) is 0.809. The zero-order chi connectivity index (χ0) is 13.4. The minimum Gasteiger partial charge on any atom is -0.450 e. The predicted octanol–water partition coefficient (Wildman–Crippen LogP) is 2.45. The summed E-state index contributed by atoms with van der Waals surface area (Å²) in [6.07, 6.45) is 0.375. The molecule has 1 amide bonds. The topological polar surface area (TPSA) is 79.2 Å². The zero-order valence-corrected chi connectivity index (χ0v) is 10.1. The number of nitrogens with zero attached hydrogens (tertiary/aromatic N) is 1. The van der Waals surface area contributed by atoms with Gasteiger partial charge in [0.05, 0.1) is 18.6 Å². The van der Waals surface area contributed by atoms with Crippen LogP contribution in [0.4, 0.5) is 10.5 Å². The first kappa shape index (κ1) is 13.7. The molecular formula is C13H14N2O3. The van der Waals surface area contributed by atoms with E-state index in [0.29, 0.717) is 12.3 Å². The first-order valence-electron chi connectivity index (χ1n) is 5.57. The van der Waals surface area contributed by atoms with Crippen molar-refractivity contribution in [2.75, 3.05) is 11.9 Å². The van der Waals surface area contributed by atoms with Crippen LogP contribution in [0.1, 0.15) is 24.8 Å². The van der Waals surface area contributed by atoms with Gasteiger partial charge in [-0.15, -0.1) is 0 Å². The van der Waals surface area contributed by atoms with Crippen molar-refractivity contribution < 1.29 is 14.3 Å². The molecule has 0 aromatic heterocycles. The van der Waals surface area contributed by atoms with E-state index in [9.17, 15) is 9.59 Å². The van der Waals surface area contributed by atoms with Crippen LogP contribution in [0.25, 0.3) is 0 Å². The van der Waals surface area contributed by atoms with Crippen LogP contribution in [-0.2, 0) is 9.53 Å². The van der Waals surface area contributed by atoms with E-state index in [2.05, 4.69) is 5.32 Å². The normalized spacial score (nSPS) is 11.1. The van der Waals surface area contributed by atoms with Crippen LogP contribution >= 0.6 is 0 Å². The molecule has 18 heavy (non-hydrogen) atoms. The molecular weight excluding hydrogens is 232 g/mol. The summed E-state index contributed by atoms with van der Waals surface area (Å²) in [5.74, 6) is -0.424. The highest BCUT2D eigenvalue weighted by Gasteiger charge is 2.10. The van der Waals surface area contributed by atoms with Crippen LogP contribution in [0.2, 0.25) is 0 Å². The van der Waals surface area contributed by atoms with Crippen molar-refractivity contribution in [3.05, 3.63) is 29.8 Å². The molecule has 0 aliphatic rings. The van der Waals surface area contributed by atoms with E-state index in [1.807, 2.05) is 6.07 Å². The molecule has 0 bridgehead atoms. The van der Waals surface area contributed by atoms with E-state index in [1.165, 1.54) is 0 Å². The molecule has 0 aliphatic carbocycles. The van der Waals surface area contributed by atoms with E-state index in [0.717, 1.165) is 11.8 Å². The number of amides is 1. The summed E-state index contributed by atoms with van der Waals surface area (Å²) in [5.41, 5.74) is 1.33. The summed E-state index contributed by atoms with van der Waals surface area (Å²) < 4.78 is 4.73. The average Bonchev–Trinajstić information content (AvgIpc) is 2.37. The Morgan fingerprint density at radius 3 is 2.67 bits per heavy atom. The average molecular weight is 246 g/mol. The van der Waals surface area contributed by atoms with Crippen molar-refractivity contribution in [2.45, 2.75) is 19.3 Å². The fraction of sp³-hybridized carbons (Fsp3) is 0.308. The molecule has 1 aromatic carbocycles. The van der Waals surface area contributed by atoms with E-state index < -0.39 is 12.0 Å². The summed E-state index contributed by atoms with van der Waals surface area (Å²) in [6, 6.07) is 8.71. The Morgan fingerprint density at radius 2 is 2.17 bits per heavy atom. The molecule has 5 heteroatoms. The summed E-state index contributed by atoms with van der Waals surface area (Å²) in [4.78, 5) is 22.0. The van der Waals surface area contributed by atoms with Crippen LogP contribution in [0.5, 0.6) is 0 Å².